The third-order valence-electron chi connectivity index (χ3n) is 4.27. The third kappa shape index (κ3) is 2.67. The van der Waals surface area contributed by atoms with Crippen LogP contribution in [0.25, 0.3) is 27.8 Å². The number of rotatable bonds is 3. The molecule has 0 fully saturated rings. The first kappa shape index (κ1) is 16.1. The summed E-state index contributed by atoms with van der Waals surface area (Å²) in [5.74, 6) is 0.324. The van der Waals surface area contributed by atoms with Crippen LogP contribution >= 0.6 is 0 Å². The van der Waals surface area contributed by atoms with Crippen LogP contribution in [0.15, 0.2) is 48.7 Å². The lowest BCUT2D eigenvalue weighted by Gasteiger charge is -2.12. The first-order valence-corrected chi connectivity index (χ1v) is 8.16. The molecule has 0 saturated carbocycles. The van der Waals surface area contributed by atoms with Gasteiger partial charge in [-0.05, 0) is 43.3 Å². The summed E-state index contributed by atoms with van der Waals surface area (Å²) < 4.78 is 15.4. The van der Waals surface area contributed by atoms with E-state index in [2.05, 4.69) is 20.3 Å². The van der Waals surface area contributed by atoms with Gasteiger partial charge in [-0.15, -0.1) is 5.10 Å². The minimum absolute atomic E-state index is 0.279. The molecule has 0 aliphatic carbocycles. The molecule has 4 aromatic rings. The zero-order valence-electron chi connectivity index (χ0n) is 14.7. The van der Waals surface area contributed by atoms with E-state index >= 15 is 0 Å². The summed E-state index contributed by atoms with van der Waals surface area (Å²) in [4.78, 5) is 10.3. The Kier molecular flexibility index (Phi) is 3.84. The van der Waals surface area contributed by atoms with E-state index in [-0.39, 0.29) is 5.69 Å². The summed E-state index contributed by atoms with van der Waals surface area (Å²) in [5, 5.41) is 9.36. The molecule has 0 aliphatic rings. The standard InChI is InChI=1S/C19H17FN6/c1-12-18(23-24-26(12)16-5-4-10-21-19(16)20)14-6-8-15-13(11-14)7-9-17(22-15)25(2)3/h4-11H,1-3H3. The van der Waals surface area contributed by atoms with Crippen molar-refractivity contribution in [3.05, 3.63) is 60.3 Å². The highest BCUT2D eigenvalue weighted by atomic mass is 19.1. The van der Waals surface area contributed by atoms with Gasteiger partial charge in [0.25, 0.3) is 0 Å². The summed E-state index contributed by atoms with van der Waals surface area (Å²) in [5.41, 5.74) is 3.54. The number of fused-ring (bicyclic) bond motifs is 1. The van der Waals surface area contributed by atoms with Gasteiger partial charge < -0.3 is 4.90 Å². The van der Waals surface area contributed by atoms with Crippen LogP contribution in [-0.2, 0) is 0 Å². The average Bonchev–Trinajstić information content (AvgIpc) is 3.02. The quantitative estimate of drug-likeness (QED) is 0.531. The number of hydrogen-bond donors (Lipinski definition) is 0. The van der Waals surface area contributed by atoms with Gasteiger partial charge in [0.2, 0.25) is 5.95 Å². The maximum Gasteiger partial charge on any atom is 0.238 e. The van der Waals surface area contributed by atoms with Crippen LogP contribution in [0.4, 0.5) is 10.2 Å². The van der Waals surface area contributed by atoms with Gasteiger partial charge in [0.15, 0.2) is 0 Å². The molecule has 0 radical (unpaired) electrons. The molecule has 0 unspecified atom stereocenters. The molecule has 3 heterocycles. The third-order valence-corrected chi connectivity index (χ3v) is 4.27. The van der Waals surface area contributed by atoms with Gasteiger partial charge in [0.1, 0.15) is 17.2 Å². The van der Waals surface area contributed by atoms with Crippen LogP contribution in [0.2, 0.25) is 0 Å². The molecule has 0 amide bonds. The number of nitrogens with zero attached hydrogens (tertiary/aromatic N) is 6. The maximum atomic E-state index is 14.0. The second-order valence-electron chi connectivity index (χ2n) is 6.22. The minimum atomic E-state index is -0.578. The molecule has 0 aliphatic heterocycles. The van der Waals surface area contributed by atoms with Gasteiger partial charge in [0.05, 0.1) is 11.2 Å². The first-order chi connectivity index (χ1) is 12.5. The normalized spacial score (nSPS) is 11.1. The van der Waals surface area contributed by atoms with Crippen molar-refractivity contribution in [2.75, 3.05) is 19.0 Å². The molecular weight excluding hydrogens is 331 g/mol. The van der Waals surface area contributed by atoms with Crippen molar-refractivity contribution in [3.63, 3.8) is 0 Å². The molecule has 1 aromatic carbocycles. The SMILES string of the molecule is Cc1c(-c2ccc3nc(N(C)C)ccc3c2)nnn1-c1cccnc1F. The van der Waals surface area contributed by atoms with E-state index in [0.29, 0.717) is 5.69 Å². The lowest BCUT2D eigenvalue weighted by molar-refractivity contribution is 0.564. The van der Waals surface area contributed by atoms with Gasteiger partial charge in [-0.25, -0.2) is 14.6 Å². The Morgan fingerprint density at radius 2 is 1.92 bits per heavy atom. The molecule has 0 spiro atoms. The maximum absolute atomic E-state index is 14.0. The highest BCUT2D eigenvalue weighted by molar-refractivity contribution is 5.85. The Balaban J connectivity index is 1.79. The van der Waals surface area contributed by atoms with E-state index < -0.39 is 5.95 Å². The van der Waals surface area contributed by atoms with Crippen LogP contribution < -0.4 is 4.90 Å². The second-order valence-corrected chi connectivity index (χ2v) is 6.22. The fourth-order valence-corrected chi connectivity index (χ4v) is 2.87. The lowest BCUT2D eigenvalue weighted by atomic mass is 10.1. The zero-order valence-corrected chi connectivity index (χ0v) is 14.7. The van der Waals surface area contributed by atoms with Gasteiger partial charge in [-0.3, -0.25) is 0 Å². The molecule has 0 atom stereocenters. The number of benzene rings is 1. The first-order valence-electron chi connectivity index (χ1n) is 8.16. The molecular formula is C19H17FN6. The topological polar surface area (TPSA) is 59.7 Å². The summed E-state index contributed by atoms with van der Waals surface area (Å²) in [7, 11) is 3.92. The second kappa shape index (κ2) is 6.18. The van der Waals surface area contributed by atoms with E-state index in [0.717, 1.165) is 28.0 Å². The fourth-order valence-electron chi connectivity index (χ4n) is 2.87. The van der Waals surface area contributed by atoms with Crippen LogP contribution in [-0.4, -0.2) is 39.1 Å². The average molecular weight is 348 g/mol. The van der Waals surface area contributed by atoms with Crippen molar-refractivity contribution in [2.24, 2.45) is 0 Å². The Labute approximate surface area is 149 Å². The predicted octanol–water partition coefficient (Wildman–Crippen LogP) is 3.39. The van der Waals surface area contributed by atoms with E-state index in [4.69, 9.17) is 0 Å². The van der Waals surface area contributed by atoms with Crippen LogP contribution in [0.1, 0.15) is 5.69 Å². The van der Waals surface area contributed by atoms with Gasteiger partial charge in [0, 0.05) is 31.2 Å². The van der Waals surface area contributed by atoms with E-state index in [9.17, 15) is 4.39 Å². The molecule has 6 nitrogen and oxygen atoms in total. The van der Waals surface area contributed by atoms with E-state index in [1.165, 1.54) is 10.9 Å². The van der Waals surface area contributed by atoms with Gasteiger partial charge >= 0.3 is 0 Å². The summed E-state index contributed by atoms with van der Waals surface area (Å²) in [6.45, 7) is 1.86. The Morgan fingerprint density at radius 1 is 1.08 bits per heavy atom. The van der Waals surface area contributed by atoms with E-state index in [1.807, 2.05) is 56.3 Å². The monoisotopic (exact) mass is 348 g/mol. The van der Waals surface area contributed by atoms with Crippen molar-refractivity contribution in [1.82, 2.24) is 25.0 Å². The lowest BCUT2D eigenvalue weighted by Crippen LogP contribution is -2.10. The molecule has 4 rings (SSSR count). The zero-order chi connectivity index (χ0) is 18.3. The molecule has 3 aromatic heterocycles. The molecule has 130 valence electrons. The number of aromatic nitrogens is 5. The van der Waals surface area contributed by atoms with Crippen molar-refractivity contribution >= 4 is 16.7 Å². The molecule has 7 heteroatoms. The van der Waals surface area contributed by atoms with Crippen LogP contribution in [0, 0.1) is 12.9 Å². The number of halogens is 1. The van der Waals surface area contributed by atoms with Crippen LogP contribution in [0.3, 0.4) is 0 Å². The Morgan fingerprint density at radius 3 is 2.69 bits per heavy atom. The fraction of sp³-hybridized carbons (Fsp3) is 0.158. The predicted molar refractivity (Wildman–Crippen MR) is 98.9 cm³/mol. The number of hydrogen-bond acceptors (Lipinski definition) is 5. The largest absolute Gasteiger partial charge is 0.363 e. The summed E-state index contributed by atoms with van der Waals surface area (Å²) in [6, 6.07) is 13.2. The van der Waals surface area contributed by atoms with Crippen molar-refractivity contribution in [3.8, 4) is 16.9 Å². The van der Waals surface area contributed by atoms with E-state index in [1.54, 1.807) is 12.1 Å². The van der Waals surface area contributed by atoms with Gasteiger partial charge in [-0.1, -0.05) is 11.3 Å². The summed E-state index contributed by atoms with van der Waals surface area (Å²) >= 11 is 0. The number of pyridine rings is 2. The smallest absolute Gasteiger partial charge is 0.238 e. The molecule has 0 bridgehead atoms. The Hall–Kier alpha value is -3.35. The Bertz CT molecular complexity index is 1100. The van der Waals surface area contributed by atoms with Gasteiger partial charge in [-0.2, -0.15) is 4.39 Å². The molecule has 0 N–H and O–H groups in total. The van der Waals surface area contributed by atoms with Crippen molar-refractivity contribution in [2.45, 2.75) is 6.92 Å². The van der Waals surface area contributed by atoms with Crippen molar-refractivity contribution in [1.29, 1.82) is 0 Å². The minimum Gasteiger partial charge on any atom is -0.363 e. The molecule has 0 saturated heterocycles. The highest BCUT2D eigenvalue weighted by Crippen LogP contribution is 2.27. The van der Waals surface area contributed by atoms with Crippen LogP contribution in [0.5, 0.6) is 0 Å². The number of anilines is 1. The van der Waals surface area contributed by atoms with Crippen molar-refractivity contribution < 1.29 is 4.39 Å². The highest BCUT2D eigenvalue weighted by Gasteiger charge is 2.15. The molecule has 26 heavy (non-hydrogen) atoms. The summed E-state index contributed by atoms with van der Waals surface area (Å²) in [6.07, 6.45) is 1.41.